The zero-order chi connectivity index (χ0) is 7.94. The summed E-state index contributed by atoms with van der Waals surface area (Å²) in [5.41, 5.74) is 0. The summed E-state index contributed by atoms with van der Waals surface area (Å²) in [4.78, 5) is 0. The number of hydrogen-bond donors (Lipinski definition) is 1. The second kappa shape index (κ2) is 5.52. The van der Waals surface area contributed by atoms with Gasteiger partial charge in [-0.3, -0.25) is 0 Å². The van der Waals surface area contributed by atoms with Crippen molar-refractivity contribution in [3.63, 3.8) is 0 Å². The largest absolute Gasteiger partial charge is 0.396 e. The van der Waals surface area contributed by atoms with Crippen LogP contribution in [0.5, 0.6) is 0 Å². The molecule has 1 atom stereocenters. The highest BCUT2D eigenvalue weighted by Crippen LogP contribution is 2.13. The predicted molar refractivity (Wildman–Crippen MR) is 41.2 cm³/mol. The molecular weight excluding hydrogens is 144 g/mol. The monoisotopic (exact) mass is 160 g/mol. The molecule has 3 nitrogen and oxygen atoms in total. The fourth-order valence-corrected chi connectivity index (χ4v) is 1.11. The summed E-state index contributed by atoms with van der Waals surface area (Å²) in [7, 11) is 0. The number of hydrogen-bond acceptors (Lipinski definition) is 3. The van der Waals surface area contributed by atoms with Crippen molar-refractivity contribution in [2.24, 2.45) is 0 Å². The Morgan fingerprint density at radius 1 is 1.45 bits per heavy atom. The highest BCUT2D eigenvalue weighted by molar-refractivity contribution is 4.54. The van der Waals surface area contributed by atoms with Crippen molar-refractivity contribution < 1.29 is 14.6 Å². The van der Waals surface area contributed by atoms with Crippen molar-refractivity contribution in [2.45, 2.75) is 32.0 Å². The summed E-state index contributed by atoms with van der Waals surface area (Å²) in [6.07, 6.45) is 3.93. The summed E-state index contributed by atoms with van der Waals surface area (Å²) in [5, 5.41) is 8.47. The topological polar surface area (TPSA) is 38.7 Å². The van der Waals surface area contributed by atoms with Gasteiger partial charge in [0.2, 0.25) is 0 Å². The van der Waals surface area contributed by atoms with Crippen LogP contribution >= 0.6 is 0 Å². The van der Waals surface area contributed by atoms with Gasteiger partial charge >= 0.3 is 0 Å². The van der Waals surface area contributed by atoms with E-state index in [9.17, 15) is 0 Å². The summed E-state index contributed by atoms with van der Waals surface area (Å²) in [6, 6.07) is 0. The Morgan fingerprint density at radius 2 is 2.36 bits per heavy atom. The first-order valence-electron chi connectivity index (χ1n) is 4.27. The van der Waals surface area contributed by atoms with Crippen LogP contribution in [0.4, 0.5) is 0 Å². The van der Waals surface area contributed by atoms with E-state index in [0.717, 1.165) is 32.3 Å². The van der Waals surface area contributed by atoms with Gasteiger partial charge in [-0.15, -0.1) is 0 Å². The first-order chi connectivity index (χ1) is 5.43. The number of rotatable bonds is 5. The maximum absolute atomic E-state index is 8.47. The molecule has 0 aliphatic carbocycles. The molecule has 1 fully saturated rings. The SMILES string of the molecule is OCCCCO[C@@H]1CCCO1. The second-order valence-corrected chi connectivity index (χ2v) is 2.74. The highest BCUT2D eigenvalue weighted by Gasteiger charge is 2.14. The molecule has 0 unspecified atom stereocenters. The molecule has 3 heteroatoms. The molecule has 0 radical (unpaired) electrons. The molecular formula is C8H16O3. The van der Waals surface area contributed by atoms with Crippen LogP contribution in [-0.2, 0) is 9.47 Å². The number of ether oxygens (including phenoxy) is 2. The van der Waals surface area contributed by atoms with Crippen molar-refractivity contribution in [3.8, 4) is 0 Å². The van der Waals surface area contributed by atoms with Gasteiger partial charge in [0.05, 0.1) is 0 Å². The molecule has 0 aromatic heterocycles. The van der Waals surface area contributed by atoms with Gasteiger partial charge in [0.25, 0.3) is 0 Å². The Morgan fingerprint density at radius 3 is 3.00 bits per heavy atom. The van der Waals surface area contributed by atoms with Gasteiger partial charge in [0, 0.05) is 26.2 Å². The Kier molecular flexibility index (Phi) is 4.50. The van der Waals surface area contributed by atoms with Crippen molar-refractivity contribution in [3.05, 3.63) is 0 Å². The normalized spacial score (nSPS) is 24.3. The van der Waals surface area contributed by atoms with E-state index < -0.39 is 0 Å². The van der Waals surface area contributed by atoms with E-state index in [-0.39, 0.29) is 12.9 Å². The molecule has 11 heavy (non-hydrogen) atoms. The molecule has 0 saturated carbocycles. The van der Waals surface area contributed by atoms with Gasteiger partial charge in [0.1, 0.15) is 0 Å². The van der Waals surface area contributed by atoms with Crippen LogP contribution in [0.3, 0.4) is 0 Å². The van der Waals surface area contributed by atoms with Gasteiger partial charge in [-0.2, -0.15) is 0 Å². The standard InChI is InChI=1S/C8H16O3/c9-5-1-2-6-10-8-4-3-7-11-8/h8-9H,1-7H2/t8-/m0/s1. The molecule has 0 aromatic rings. The molecule has 1 aliphatic rings. The first-order valence-corrected chi connectivity index (χ1v) is 4.27. The number of unbranched alkanes of at least 4 members (excludes halogenated alkanes) is 1. The average molecular weight is 160 g/mol. The minimum Gasteiger partial charge on any atom is -0.396 e. The van der Waals surface area contributed by atoms with Gasteiger partial charge in [-0.05, 0) is 19.3 Å². The van der Waals surface area contributed by atoms with Gasteiger partial charge in [-0.25, -0.2) is 0 Å². The van der Waals surface area contributed by atoms with Gasteiger partial charge < -0.3 is 14.6 Å². The quantitative estimate of drug-likeness (QED) is 0.607. The predicted octanol–water partition coefficient (Wildman–Crippen LogP) is 0.912. The van der Waals surface area contributed by atoms with E-state index in [0.29, 0.717) is 6.61 Å². The van der Waals surface area contributed by atoms with E-state index in [4.69, 9.17) is 14.6 Å². The van der Waals surface area contributed by atoms with Crippen LogP contribution in [0, 0.1) is 0 Å². The Hall–Kier alpha value is -0.120. The lowest BCUT2D eigenvalue weighted by Crippen LogP contribution is -2.11. The summed E-state index contributed by atoms with van der Waals surface area (Å²) >= 11 is 0. The average Bonchev–Trinajstić information content (AvgIpc) is 2.50. The van der Waals surface area contributed by atoms with E-state index in [1.807, 2.05) is 0 Å². The zero-order valence-electron chi connectivity index (χ0n) is 6.79. The molecule has 0 spiro atoms. The molecule has 1 N–H and O–H groups in total. The Balaban J connectivity index is 1.86. The van der Waals surface area contributed by atoms with E-state index in [1.54, 1.807) is 0 Å². The Bertz CT molecular complexity index is 89.3. The summed E-state index contributed by atoms with van der Waals surface area (Å²) in [6.45, 7) is 1.81. The number of aliphatic hydroxyl groups excluding tert-OH is 1. The van der Waals surface area contributed by atoms with Crippen LogP contribution in [-0.4, -0.2) is 31.2 Å². The lowest BCUT2D eigenvalue weighted by Gasteiger charge is -2.09. The van der Waals surface area contributed by atoms with Gasteiger partial charge in [-0.1, -0.05) is 0 Å². The zero-order valence-corrected chi connectivity index (χ0v) is 6.79. The summed E-state index contributed by atoms with van der Waals surface area (Å²) in [5.74, 6) is 0. The third-order valence-electron chi connectivity index (χ3n) is 1.74. The molecule has 1 aliphatic heterocycles. The van der Waals surface area contributed by atoms with Crippen LogP contribution in [0.2, 0.25) is 0 Å². The fraction of sp³-hybridized carbons (Fsp3) is 1.00. The Labute approximate surface area is 67.3 Å². The van der Waals surface area contributed by atoms with Crippen molar-refractivity contribution >= 4 is 0 Å². The lowest BCUT2D eigenvalue weighted by atomic mass is 10.3. The van der Waals surface area contributed by atoms with Crippen molar-refractivity contribution in [1.29, 1.82) is 0 Å². The third-order valence-corrected chi connectivity index (χ3v) is 1.74. The van der Waals surface area contributed by atoms with Crippen LogP contribution in [0.15, 0.2) is 0 Å². The fourth-order valence-electron chi connectivity index (χ4n) is 1.11. The molecule has 1 heterocycles. The van der Waals surface area contributed by atoms with Crippen LogP contribution < -0.4 is 0 Å². The molecule has 66 valence electrons. The smallest absolute Gasteiger partial charge is 0.157 e. The van der Waals surface area contributed by atoms with Crippen molar-refractivity contribution in [1.82, 2.24) is 0 Å². The van der Waals surface area contributed by atoms with Crippen molar-refractivity contribution in [2.75, 3.05) is 19.8 Å². The molecule has 1 rings (SSSR count). The van der Waals surface area contributed by atoms with E-state index in [1.165, 1.54) is 0 Å². The van der Waals surface area contributed by atoms with Crippen LogP contribution in [0.25, 0.3) is 0 Å². The lowest BCUT2D eigenvalue weighted by molar-refractivity contribution is -0.111. The molecule has 1 saturated heterocycles. The van der Waals surface area contributed by atoms with Crippen LogP contribution in [0.1, 0.15) is 25.7 Å². The minimum absolute atomic E-state index is 0.0358. The minimum atomic E-state index is 0.0358. The maximum atomic E-state index is 8.47. The first kappa shape index (κ1) is 8.97. The van der Waals surface area contributed by atoms with E-state index in [2.05, 4.69) is 0 Å². The molecule has 0 bridgehead atoms. The second-order valence-electron chi connectivity index (χ2n) is 2.74. The maximum Gasteiger partial charge on any atom is 0.157 e. The number of aliphatic hydroxyl groups is 1. The van der Waals surface area contributed by atoms with E-state index >= 15 is 0 Å². The third kappa shape index (κ3) is 3.70. The summed E-state index contributed by atoms with van der Waals surface area (Å²) < 4.78 is 10.6. The molecule has 0 amide bonds. The highest BCUT2D eigenvalue weighted by atomic mass is 16.7. The van der Waals surface area contributed by atoms with Gasteiger partial charge in [0.15, 0.2) is 6.29 Å². The molecule has 0 aromatic carbocycles.